The molecule has 1 aliphatic rings. The summed E-state index contributed by atoms with van der Waals surface area (Å²) in [4.78, 5) is 23.9. The molecule has 0 bridgehead atoms. The van der Waals surface area contributed by atoms with Gasteiger partial charge < -0.3 is 0 Å². The predicted octanol–water partition coefficient (Wildman–Crippen LogP) is 3.16. The van der Waals surface area contributed by atoms with Crippen molar-refractivity contribution in [3.63, 3.8) is 0 Å². The third-order valence-electron chi connectivity index (χ3n) is 4.16. The molecule has 2 nitrogen and oxygen atoms in total. The van der Waals surface area contributed by atoms with Crippen LogP contribution in [0.3, 0.4) is 0 Å². The molecule has 1 saturated carbocycles. The van der Waals surface area contributed by atoms with Crippen molar-refractivity contribution >= 4 is 11.6 Å². The average molecular weight is 222 g/mol. The predicted molar refractivity (Wildman–Crippen MR) is 65.1 cm³/mol. The van der Waals surface area contributed by atoms with Crippen LogP contribution in [0.5, 0.6) is 0 Å². The molecule has 0 heterocycles. The van der Waals surface area contributed by atoms with Crippen LogP contribution in [0, 0.1) is 16.2 Å². The van der Waals surface area contributed by atoms with Gasteiger partial charge in [0.2, 0.25) is 5.78 Å². The second-order valence-electron chi connectivity index (χ2n) is 6.53. The molecule has 16 heavy (non-hydrogen) atoms. The van der Waals surface area contributed by atoms with Crippen LogP contribution in [0.25, 0.3) is 0 Å². The minimum Gasteiger partial charge on any atom is -0.291 e. The van der Waals surface area contributed by atoms with Crippen LogP contribution in [0.2, 0.25) is 0 Å². The van der Waals surface area contributed by atoms with Crippen LogP contribution >= 0.6 is 0 Å². The van der Waals surface area contributed by atoms with E-state index < -0.39 is 5.41 Å². The Morgan fingerprint density at radius 2 is 1.75 bits per heavy atom. The Kier molecular flexibility index (Phi) is 2.91. The number of rotatable bonds is 2. The summed E-state index contributed by atoms with van der Waals surface area (Å²) in [7, 11) is 0. The molecule has 1 fully saturated rings. The first kappa shape index (κ1) is 13.1. The van der Waals surface area contributed by atoms with E-state index in [4.69, 9.17) is 0 Å². The topological polar surface area (TPSA) is 34.1 Å². The van der Waals surface area contributed by atoms with Crippen molar-refractivity contribution in [1.82, 2.24) is 0 Å². The first-order valence-electron chi connectivity index (χ1n) is 5.77. The molecule has 1 unspecified atom stereocenters. The zero-order valence-corrected chi connectivity index (χ0v) is 11.0. The standard InChI is InChI=1S/C14H22O2/c1-7-13(4,5)14(6)9-12(2,3)8-10(15)11(14)16/h7H,1,8-9H2,2-6H3. The number of Topliss-reactive ketones (excluding diaryl/α,β-unsaturated/α-hetero) is 2. The van der Waals surface area contributed by atoms with Gasteiger partial charge >= 0.3 is 0 Å². The van der Waals surface area contributed by atoms with Crippen molar-refractivity contribution in [1.29, 1.82) is 0 Å². The Balaban J connectivity index is 3.24. The summed E-state index contributed by atoms with van der Waals surface area (Å²) in [5.41, 5.74) is -1.06. The fraction of sp³-hybridized carbons (Fsp3) is 0.714. The quantitative estimate of drug-likeness (QED) is 0.531. The molecule has 0 aliphatic heterocycles. The van der Waals surface area contributed by atoms with Gasteiger partial charge in [-0.1, -0.05) is 40.7 Å². The normalized spacial score (nSPS) is 30.3. The Bertz CT molecular complexity index is 350. The zero-order valence-electron chi connectivity index (χ0n) is 11.0. The highest BCUT2D eigenvalue weighted by Gasteiger charge is 2.54. The third kappa shape index (κ3) is 1.85. The first-order chi connectivity index (χ1) is 7.06. The Labute approximate surface area is 98.1 Å². The van der Waals surface area contributed by atoms with Crippen LogP contribution in [0.15, 0.2) is 12.7 Å². The lowest BCUT2D eigenvalue weighted by Crippen LogP contribution is -2.51. The molecule has 0 amide bonds. The molecule has 0 saturated heterocycles. The molecule has 0 N–H and O–H groups in total. The van der Waals surface area contributed by atoms with Crippen molar-refractivity contribution in [3.8, 4) is 0 Å². The number of allylic oxidation sites excluding steroid dienone is 1. The van der Waals surface area contributed by atoms with Gasteiger partial charge in [0.25, 0.3) is 0 Å². The molecule has 0 aromatic carbocycles. The molecule has 1 rings (SSSR count). The van der Waals surface area contributed by atoms with E-state index in [1.54, 1.807) is 6.08 Å². The van der Waals surface area contributed by atoms with E-state index in [-0.39, 0.29) is 22.4 Å². The van der Waals surface area contributed by atoms with E-state index in [1.165, 1.54) is 0 Å². The summed E-state index contributed by atoms with van der Waals surface area (Å²) < 4.78 is 0. The summed E-state index contributed by atoms with van der Waals surface area (Å²) in [6.45, 7) is 13.8. The second kappa shape index (κ2) is 3.54. The Morgan fingerprint density at radius 1 is 1.25 bits per heavy atom. The molecule has 0 radical (unpaired) electrons. The van der Waals surface area contributed by atoms with Gasteiger partial charge in [-0.2, -0.15) is 0 Å². The van der Waals surface area contributed by atoms with E-state index >= 15 is 0 Å². The van der Waals surface area contributed by atoms with Crippen molar-refractivity contribution in [2.75, 3.05) is 0 Å². The molecule has 0 aromatic rings. The fourth-order valence-corrected chi connectivity index (χ4v) is 2.67. The van der Waals surface area contributed by atoms with Crippen LogP contribution in [0.4, 0.5) is 0 Å². The first-order valence-corrected chi connectivity index (χ1v) is 5.77. The number of carbonyl (C=O) groups excluding carboxylic acids is 2. The van der Waals surface area contributed by atoms with Gasteiger partial charge in [0.1, 0.15) is 0 Å². The number of hydrogen-bond donors (Lipinski definition) is 0. The van der Waals surface area contributed by atoms with Crippen molar-refractivity contribution in [2.24, 2.45) is 16.2 Å². The largest absolute Gasteiger partial charge is 0.291 e. The lowest BCUT2D eigenvalue weighted by molar-refractivity contribution is -0.153. The Morgan fingerprint density at radius 3 is 2.19 bits per heavy atom. The van der Waals surface area contributed by atoms with Crippen molar-refractivity contribution in [3.05, 3.63) is 12.7 Å². The van der Waals surface area contributed by atoms with Crippen LogP contribution in [-0.4, -0.2) is 11.6 Å². The van der Waals surface area contributed by atoms with Gasteiger partial charge in [-0.05, 0) is 17.3 Å². The highest BCUT2D eigenvalue weighted by molar-refractivity contribution is 6.40. The summed E-state index contributed by atoms with van der Waals surface area (Å²) in [5, 5.41) is 0. The van der Waals surface area contributed by atoms with Gasteiger partial charge in [0.15, 0.2) is 5.78 Å². The third-order valence-corrected chi connectivity index (χ3v) is 4.16. The molecular weight excluding hydrogens is 200 g/mol. The smallest absolute Gasteiger partial charge is 0.205 e. The van der Waals surface area contributed by atoms with Gasteiger partial charge in [0.05, 0.1) is 0 Å². The molecule has 1 atom stereocenters. The number of carbonyl (C=O) groups is 2. The maximum atomic E-state index is 12.1. The lowest BCUT2D eigenvalue weighted by atomic mass is 9.53. The van der Waals surface area contributed by atoms with Crippen LogP contribution in [0.1, 0.15) is 47.5 Å². The molecule has 0 aromatic heterocycles. The summed E-state index contributed by atoms with van der Waals surface area (Å²) in [5.74, 6) is -0.453. The van der Waals surface area contributed by atoms with E-state index in [1.807, 2.05) is 20.8 Å². The maximum Gasteiger partial charge on any atom is 0.205 e. The molecular formula is C14H22O2. The molecule has 90 valence electrons. The fourth-order valence-electron chi connectivity index (χ4n) is 2.67. The van der Waals surface area contributed by atoms with Crippen LogP contribution in [-0.2, 0) is 9.59 Å². The van der Waals surface area contributed by atoms with Crippen LogP contribution < -0.4 is 0 Å². The SMILES string of the molecule is C=CC(C)(C)C1(C)CC(C)(C)CC(=O)C1=O. The monoisotopic (exact) mass is 222 g/mol. The molecule has 0 spiro atoms. The molecule has 2 heteroatoms. The minimum atomic E-state index is -0.617. The van der Waals surface area contributed by atoms with Gasteiger partial charge in [-0.15, -0.1) is 6.58 Å². The second-order valence-corrected chi connectivity index (χ2v) is 6.53. The van der Waals surface area contributed by atoms with Gasteiger partial charge in [-0.25, -0.2) is 0 Å². The number of hydrogen-bond acceptors (Lipinski definition) is 2. The summed E-state index contributed by atoms with van der Waals surface area (Å²) >= 11 is 0. The highest BCUT2D eigenvalue weighted by Crippen LogP contribution is 2.52. The summed E-state index contributed by atoms with van der Waals surface area (Å²) in [6, 6.07) is 0. The Hall–Kier alpha value is -0.920. The summed E-state index contributed by atoms with van der Waals surface area (Å²) in [6.07, 6.45) is 2.90. The van der Waals surface area contributed by atoms with E-state index in [2.05, 4.69) is 20.4 Å². The van der Waals surface area contributed by atoms with Gasteiger partial charge in [-0.3, -0.25) is 9.59 Å². The van der Waals surface area contributed by atoms with E-state index in [9.17, 15) is 9.59 Å². The zero-order chi connectivity index (χ0) is 12.8. The van der Waals surface area contributed by atoms with E-state index in [0.717, 1.165) is 6.42 Å². The minimum absolute atomic E-state index is 0.0972. The van der Waals surface area contributed by atoms with Crippen molar-refractivity contribution < 1.29 is 9.59 Å². The lowest BCUT2D eigenvalue weighted by Gasteiger charge is -2.48. The van der Waals surface area contributed by atoms with Crippen molar-refractivity contribution in [2.45, 2.75) is 47.5 Å². The number of ketones is 2. The average Bonchev–Trinajstić information content (AvgIpc) is 2.12. The molecule has 1 aliphatic carbocycles. The maximum absolute atomic E-state index is 12.1. The van der Waals surface area contributed by atoms with Gasteiger partial charge in [0, 0.05) is 11.8 Å². The highest BCUT2D eigenvalue weighted by atomic mass is 16.2. The van der Waals surface area contributed by atoms with E-state index in [0.29, 0.717) is 6.42 Å².